The van der Waals surface area contributed by atoms with Crippen molar-refractivity contribution in [3.8, 4) is 5.75 Å². The van der Waals surface area contributed by atoms with Gasteiger partial charge >= 0.3 is 5.97 Å². The van der Waals surface area contributed by atoms with Crippen molar-refractivity contribution in [2.45, 2.75) is 52.4 Å². The molecule has 0 heterocycles. The SMILES string of the molecule is CCCCCCOc1ccc(C=CC(=O)OCCCC)cc1. The summed E-state index contributed by atoms with van der Waals surface area (Å²) in [4.78, 5) is 11.5. The number of unbranched alkanes of at least 4 members (excludes halogenated alkanes) is 4. The van der Waals surface area contributed by atoms with Gasteiger partial charge in [0.25, 0.3) is 0 Å². The third kappa shape index (κ3) is 8.50. The Morgan fingerprint density at radius 2 is 1.68 bits per heavy atom. The van der Waals surface area contributed by atoms with Crippen molar-refractivity contribution in [2.24, 2.45) is 0 Å². The first-order valence-corrected chi connectivity index (χ1v) is 8.34. The van der Waals surface area contributed by atoms with Gasteiger partial charge in [0.15, 0.2) is 0 Å². The van der Waals surface area contributed by atoms with E-state index in [-0.39, 0.29) is 5.97 Å². The average molecular weight is 304 g/mol. The van der Waals surface area contributed by atoms with Gasteiger partial charge in [-0.05, 0) is 36.6 Å². The number of benzene rings is 1. The first-order chi connectivity index (χ1) is 10.8. The van der Waals surface area contributed by atoms with E-state index in [0.29, 0.717) is 6.61 Å². The molecule has 3 heteroatoms. The Morgan fingerprint density at radius 1 is 0.955 bits per heavy atom. The monoisotopic (exact) mass is 304 g/mol. The quantitative estimate of drug-likeness (QED) is 0.328. The number of ether oxygens (including phenoxy) is 2. The lowest BCUT2D eigenvalue weighted by molar-refractivity contribution is -0.137. The van der Waals surface area contributed by atoms with Crippen LogP contribution in [0.3, 0.4) is 0 Å². The van der Waals surface area contributed by atoms with Crippen LogP contribution >= 0.6 is 0 Å². The Hall–Kier alpha value is -1.77. The van der Waals surface area contributed by atoms with E-state index < -0.39 is 0 Å². The van der Waals surface area contributed by atoms with Gasteiger partial charge in [0.05, 0.1) is 13.2 Å². The molecule has 1 rings (SSSR count). The molecule has 0 bridgehead atoms. The molecule has 0 aliphatic heterocycles. The van der Waals surface area contributed by atoms with E-state index in [4.69, 9.17) is 9.47 Å². The maximum absolute atomic E-state index is 11.5. The van der Waals surface area contributed by atoms with Gasteiger partial charge in [-0.15, -0.1) is 0 Å². The number of carbonyl (C=O) groups is 1. The zero-order chi connectivity index (χ0) is 16.0. The second kappa shape index (κ2) is 11.8. The molecule has 1 aromatic carbocycles. The first kappa shape index (κ1) is 18.3. The normalized spacial score (nSPS) is 10.8. The van der Waals surface area contributed by atoms with Crippen LogP contribution in [-0.4, -0.2) is 19.2 Å². The maximum atomic E-state index is 11.5. The molecule has 122 valence electrons. The van der Waals surface area contributed by atoms with E-state index in [0.717, 1.165) is 37.2 Å². The smallest absolute Gasteiger partial charge is 0.330 e. The van der Waals surface area contributed by atoms with Crippen LogP contribution in [0.4, 0.5) is 0 Å². The topological polar surface area (TPSA) is 35.5 Å². The van der Waals surface area contributed by atoms with Crippen LogP contribution in [-0.2, 0) is 9.53 Å². The molecule has 0 aromatic heterocycles. The average Bonchev–Trinajstić information content (AvgIpc) is 2.54. The number of hydrogen-bond donors (Lipinski definition) is 0. The fraction of sp³-hybridized carbons (Fsp3) is 0.526. The molecule has 0 saturated heterocycles. The van der Waals surface area contributed by atoms with Crippen LogP contribution in [0.15, 0.2) is 30.3 Å². The molecule has 0 unspecified atom stereocenters. The third-order valence-electron chi connectivity index (χ3n) is 3.30. The van der Waals surface area contributed by atoms with Crippen LogP contribution < -0.4 is 4.74 Å². The van der Waals surface area contributed by atoms with Crippen LogP contribution in [0.2, 0.25) is 0 Å². The Kier molecular flexibility index (Phi) is 9.84. The Labute approximate surface area is 134 Å². The van der Waals surface area contributed by atoms with Gasteiger partial charge in [0.2, 0.25) is 0 Å². The van der Waals surface area contributed by atoms with Gasteiger partial charge in [0.1, 0.15) is 5.75 Å². The van der Waals surface area contributed by atoms with E-state index in [1.165, 1.54) is 25.3 Å². The lowest BCUT2D eigenvalue weighted by Gasteiger charge is -2.06. The Bertz CT molecular complexity index is 434. The molecule has 0 spiro atoms. The highest BCUT2D eigenvalue weighted by molar-refractivity contribution is 5.87. The van der Waals surface area contributed by atoms with Crippen LogP contribution in [0.1, 0.15) is 57.9 Å². The summed E-state index contributed by atoms with van der Waals surface area (Å²) in [5.74, 6) is 0.587. The molecular formula is C19H28O3. The summed E-state index contributed by atoms with van der Waals surface area (Å²) in [6.45, 7) is 5.52. The molecule has 0 aliphatic carbocycles. The Morgan fingerprint density at radius 3 is 2.36 bits per heavy atom. The zero-order valence-corrected chi connectivity index (χ0v) is 13.8. The van der Waals surface area contributed by atoms with Gasteiger partial charge in [-0.2, -0.15) is 0 Å². The summed E-state index contributed by atoms with van der Waals surface area (Å²) in [6, 6.07) is 7.75. The highest BCUT2D eigenvalue weighted by Crippen LogP contribution is 2.14. The van der Waals surface area contributed by atoms with Crippen molar-refractivity contribution in [3.63, 3.8) is 0 Å². The lowest BCUT2D eigenvalue weighted by Crippen LogP contribution is -2.01. The van der Waals surface area contributed by atoms with Crippen molar-refractivity contribution in [3.05, 3.63) is 35.9 Å². The van der Waals surface area contributed by atoms with Crippen molar-refractivity contribution < 1.29 is 14.3 Å². The van der Waals surface area contributed by atoms with Gasteiger partial charge < -0.3 is 9.47 Å². The summed E-state index contributed by atoms with van der Waals surface area (Å²) >= 11 is 0. The van der Waals surface area contributed by atoms with E-state index in [1.54, 1.807) is 6.08 Å². The van der Waals surface area contributed by atoms with Crippen LogP contribution in [0.25, 0.3) is 6.08 Å². The summed E-state index contributed by atoms with van der Waals surface area (Å²) < 4.78 is 10.7. The summed E-state index contributed by atoms with van der Waals surface area (Å²) in [7, 11) is 0. The lowest BCUT2D eigenvalue weighted by atomic mass is 10.2. The second-order valence-electron chi connectivity index (χ2n) is 5.33. The largest absolute Gasteiger partial charge is 0.494 e. The summed E-state index contributed by atoms with van der Waals surface area (Å²) in [6.07, 6.45) is 9.98. The van der Waals surface area contributed by atoms with Crippen LogP contribution in [0, 0.1) is 0 Å². The van der Waals surface area contributed by atoms with E-state index in [2.05, 4.69) is 13.8 Å². The van der Waals surface area contributed by atoms with E-state index in [9.17, 15) is 4.79 Å². The number of rotatable bonds is 11. The van der Waals surface area contributed by atoms with Gasteiger partial charge in [0, 0.05) is 6.08 Å². The van der Waals surface area contributed by atoms with Crippen molar-refractivity contribution >= 4 is 12.0 Å². The molecule has 1 aromatic rings. The standard InChI is InChI=1S/C19H28O3/c1-3-5-7-8-16-21-18-12-9-17(10-13-18)11-14-19(20)22-15-6-4-2/h9-14H,3-8,15-16H2,1-2H3. The molecule has 0 saturated carbocycles. The minimum absolute atomic E-state index is 0.287. The number of carbonyl (C=O) groups excluding carboxylic acids is 1. The maximum Gasteiger partial charge on any atom is 0.330 e. The minimum Gasteiger partial charge on any atom is -0.494 e. The van der Waals surface area contributed by atoms with Gasteiger partial charge in [-0.1, -0.05) is 51.7 Å². The highest BCUT2D eigenvalue weighted by Gasteiger charge is 1.97. The number of esters is 1. The zero-order valence-electron chi connectivity index (χ0n) is 13.8. The molecule has 0 amide bonds. The second-order valence-corrected chi connectivity index (χ2v) is 5.33. The van der Waals surface area contributed by atoms with Crippen LogP contribution in [0.5, 0.6) is 5.75 Å². The van der Waals surface area contributed by atoms with Gasteiger partial charge in [-0.3, -0.25) is 0 Å². The molecule has 3 nitrogen and oxygen atoms in total. The Balaban J connectivity index is 2.30. The molecule has 0 N–H and O–H groups in total. The molecule has 0 atom stereocenters. The first-order valence-electron chi connectivity index (χ1n) is 8.34. The summed E-state index contributed by atoms with van der Waals surface area (Å²) in [5.41, 5.74) is 0.964. The van der Waals surface area contributed by atoms with Crippen molar-refractivity contribution in [1.29, 1.82) is 0 Å². The molecule has 22 heavy (non-hydrogen) atoms. The predicted molar refractivity (Wildman–Crippen MR) is 91.0 cm³/mol. The van der Waals surface area contributed by atoms with Gasteiger partial charge in [-0.25, -0.2) is 4.79 Å². The third-order valence-corrected chi connectivity index (χ3v) is 3.30. The van der Waals surface area contributed by atoms with E-state index >= 15 is 0 Å². The number of hydrogen-bond acceptors (Lipinski definition) is 3. The molecule has 0 fully saturated rings. The van der Waals surface area contributed by atoms with E-state index in [1.807, 2.05) is 24.3 Å². The molecular weight excluding hydrogens is 276 g/mol. The fourth-order valence-corrected chi connectivity index (χ4v) is 1.92. The predicted octanol–water partition coefficient (Wildman–Crippen LogP) is 5.00. The summed E-state index contributed by atoms with van der Waals surface area (Å²) in [5, 5.41) is 0. The molecule has 0 radical (unpaired) electrons. The van der Waals surface area contributed by atoms with Crippen molar-refractivity contribution in [2.75, 3.05) is 13.2 Å². The van der Waals surface area contributed by atoms with Crippen molar-refractivity contribution in [1.82, 2.24) is 0 Å². The fourth-order valence-electron chi connectivity index (χ4n) is 1.92. The minimum atomic E-state index is -0.287. The highest BCUT2D eigenvalue weighted by atomic mass is 16.5. The molecule has 0 aliphatic rings.